The van der Waals surface area contributed by atoms with Crippen LogP contribution in [0.25, 0.3) is 0 Å². The first-order valence-corrected chi connectivity index (χ1v) is 23.5. The SMILES string of the molecule is CC/C=C\C/C=C\C/C=C\C/C=C\C=C/C(O)C/C=C\CCC(=O)OC[C@H](COP(=O)(O)OC[C@H](N)C(=O)O)OC(=O)CC/C=C\C/C=C\C/C=C\C/C=C\C/C=C\C/C=C\CC. The van der Waals surface area contributed by atoms with E-state index >= 15 is 0 Å². The lowest BCUT2D eigenvalue weighted by molar-refractivity contribution is -0.161. The van der Waals surface area contributed by atoms with Gasteiger partial charge in [-0.25, -0.2) is 4.57 Å². The molecule has 0 spiro atoms. The van der Waals surface area contributed by atoms with Gasteiger partial charge in [0.25, 0.3) is 0 Å². The second-order valence-electron chi connectivity index (χ2n) is 13.9. The monoisotopic (exact) mass is 895 g/mol. The predicted octanol–water partition coefficient (Wildman–Crippen LogP) is 10.9. The minimum Gasteiger partial charge on any atom is -0.480 e. The number of rotatable bonds is 38. The van der Waals surface area contributed by atoms with Crippen LogP contribution in [0.4, 0.5) is 0 Å². The zero-order valence-electron chi connectivity index (χ0n) is 37.4. The summed E-state index contributed by atoms with van der Waals surface area (Å²) in [5.41, 5.74) is 5.32. The van der Waals surface area contributed by atoms with Gasteiger partial charge < -0.3 is 30.3 Å². The van der Waals surface area contributed by atoms with Gasteiger partial charge in [-0.1, -0.05) is 160 Å². The summed E-state index contributed by atoms with van der Waals surface area (Å²) < 4.78 is 32.5. The van der Waals surface area contributed by atoms with Crippen molar-refractivity contribution < 1.29 is 52.6 Å². The van der Waals surface area contributed by atoms with E-state index in [0.29, 0.717) is 25.7 Å². The molecular formula is C50H74NO11P. The Bertz CT molecular complexity index is 1630. The highest BCUT2D eigenvalue weighted by molar-refractivity contribution is 7.47. The van der Waals surface area contributed by atoms with Crippen LogP contribution in [0.2, 0.25) is 0 Å². The number of phosphoric ester groups is 1. The minimum atomic E-state index is -4.79. The minimum absolute atomic E-state index is 0.0106. The largest absolute Gasteiger partial charge is 0.480 e. The van der Waals surface area contributed by atoms with Crippen molar-refractivity contribution in [3.05, 3.63) is 146 Å². The van der Waals surface area contributed by atoms with Gasteiger partial charge in [-0.05, 0) is 83.5 Å². The second-order valence-corrected chi connectivity index (χ2v) is 15.4. The highest BCUT2D eigenvalue weighted by Gasteiger charge is 2.28. The van der Waals surface area contributed by atoms with Crippen LogP contribution in [-0.4, -0.2) is 71.1 Å². The lowest BCUT2D eigenvalue weighted by atomic mass is 10.2. The number of hydrogen-bond donors (Lipinski definition) is 4. The van der Waals surface area contributed by atoms with E-state index in [0.717, 1.165) is 57.8 Å². The van der Waals surface area contributed by atoms with Crippen LogP contribution < -0.4 is 5.73 Å². The molecule has 0 aliphatic heterocycles. The first-order chi connectivity index (χ1) is 30.5. The first-order valence-electron chi connectivity index (χ1n) is 22.0. The molecule has 0 aromatic carbocycles. The number of aliphatic carboxylic acids is 1. The molecule has 0 fully saturated rings. The summed E-state index contributed by atoms with van der Waals surface area (Å²) in [4.78, 5) is 46.0. The van der Waals surface area contributed by atoms with Gasteiger partial charge in [0, 0.05) is 12.8 Å². The molecule has 0 amide bonds. The number of hydrogen-bond acceptors (Lipinski definition) is 10. The molecule has 2 unspecified atom stereocenters. The van der Waals surface area contributed by atoms with E-state index in [4.69, 9.17) is 24.8 Å². The quantitative estimate of drug-likeness (QED) is 0.0199. The summed E-state index contributed by atoms with van der Waals surface area (Å²) in [5, 5.41) is 19.1. The Hall–Kier alpha value is -4.68. The Balaban J connectivity index is 4.72. The van der Waals surface area contributed by atoms with Gasteiger partial charge in [0.2, 0.25) is 0 Å². The first kappa shape index (κ1) is 58.3. The molecule has 0 bridgehead atoms. The predicted molar refractivity (Wildman–Crippen MR) is 254 cm³/mol. The molecule has 0 radical (unpaired) electrons. The van der Waals surface area contributed by atoms with Crippen LogP contribution in [0, 0.1) is 0 Å². The van der Waals surface area contributed by atoms with Gasteiger partial charge in [-0.2, -0.15) is 0 Å². The van der Waals surface area contributed by atoms with Crippen LogP contribution >= 0.6 is 7.82 Å². The van der Waals surface area contributed by atoms with Crippen molar-refractivity contribution in [2.45, 2.75) is 128 Å². The molecular weight excluding hydrogens is 822 g/mol. The maximum atomic E-state index is 12.6. The summed E-state index contributed by atoms with van der Waals surface area (Å²) in [6.07, 6.45) is 56.8. The van der Waals surface area contributed by atoms with Crippen LogP contribution in [0.15, 0.2) is 146 Å². The van der Waals surface area contributed by atoms with Crippen molar-refractivity contribution in [2.75, 3.05) is 19.8 Å². The third-order valence-corrected chi connectivity index (χ3v) is 9.14. The molecule has 350 valence electrons. The molecule has 0 heterocycles. The van der Waals surface area contributed by atoms with Crippen LogP contribution in [0.5, 0.6) is 0 Å². The van der Waals surface area contributed by atoms with Gasteiger partial charge in [0.15, 0.2) is 6.10 Å². The molecule has 0 rings (SSSR count). The highest BCUT2D eigenvalue weighted by atomic mass is 31.2. The molecule has 63 heavy (non-hydrogen) atoms. The van der Waals surface area contributed by atoms with Gasteiger partial charge in [0.1, 0.15) is 12.6 Å². The van der Waals surface area contributed by atoms with Gasteiger partial charge in [0.05, 0.1) is 19.3 Å². The number of aliphatic hydroxyl groups excluding tert-OH is 1. The number of phosphoric acid groups is 1. The van der Waals surface area contributed by atoms with E-state index in [1.165, 1.54) is 0 Å². The van der Waals surface area contributed by atoms with Crippen molar-refractivity contribution in [1.82, 2.24) is 0 Å². The Morgan fingerprint density at radius 2 is 0.968 bits per heavy atom. The maximum absolute atomic E-state index is 12.6. The fourth-order valence-corrected chi connectivity index (χ4v) is 5.56. The van der Waals surface area contributed by atoms with Gasteiger partial charge >= 0.3 is 25.7 Å². The number of carbonyl (C=O) groups excluding carboxylic acids is 2. The number of carboxylic acid groups (broad SMARTS) is 1. The zero-order valence-corrected chi connectivity index (χ0v) is 38.3. The molecule has 0 aliphatic carbocycles. The molecule has 0 aromatic rings. The lowest BCUT2D eigenvalue weighted by Gasteiger charge is -2.20. The lowest BCUT2D eigenvalue weighted by Crippen LogP contribution is -2.34. The number of carbonyl (C=O) groups is 3. The van der Waals surface area contributed by atoms with Crippen molar-refractivity contribution in [2.24, 2.45) is 5.73 Å². The molecule has 5 N–H and O–H groups in total. The summed E-state index contributed by atoms with van der Waals surface area (Å²) in [6.45, 7) is 2.28. The number of allylic oxidation sites excluding steroid dienone is 22. The average molecular weight is 896 g/mol. The fraction of sp³-hybridized carbons (Fsp3) is 0.460. The normalized spacial score (nSPS) is 15.5. The van der Waals surface area contributed by atoms with Crippen molar-refractivity contribution in [3.63, 3.8) is 0 Å². The molecule has 0 aliphatic rings. The topological polar surface area (TPSA) is 192 Å². The summed E-state index contributed by atoms with van der Waals surface area (Å²) >= 11 is 0. The summed E-state index contributed by atoms with van der Waals surface area (Å²) in [6, 6.07) is -1.57. The van der Waals surface area contributed by atoms with E-state index in [1.807, 2.05) is 30.4 Å². The zero-order chi connectivity index (χ0) is 46.5. The summed E-state index contributed by atoms with van der Waals surface area (Å²) in [7, 11) is -4.79. The Labute approximate surface area is 377 Å². The smallest absolute Gasteiger partial charge is 0.472 e. The molecule has 13 heteroatoms. The average Bonchev–Trinajstić information content (AvgIpc) is 3.26. The Morgan fingerprint density at radius 3 is 1.44 bits per heavy atom. The molecule has 0 saturated heterocycles. The third kappa shape index (κ3) is 42.4. The second kappa shape index (κ2) is 42.6. The number of ether oxygens (including phenoxy) is 2. The molecule has 0 saturated carbocycles. The van der Waals surface area contributed by atoms with Crippen molar-refractivity contribution in [3.8, 4) is 0 Å². The Morgan fingerprint density at radius 1 is 0.556 bits per heavy atom. The molecule has 4 atom stereocenters. The van der Waals surface area contributed by atoms with E-state index in [9.17, 15) is 28.9 Å². The molecule has 12 nitrogen and oxygen atoms in total. The van der Waals surface area contributed by atoms with E-state index in [-0.39, 0.29) is 12.8 Å². The number of nitrogens with two attached hydrogens (primary N) is 1. The van der Waals surface area contributed by atoms with Gasteiger partial charge in [-0.15, -0.1) is 0 Å². The third-order valence-electron chi connectivity index (χ3n) is 8.19. The summed E-state index contributed by atoms with van der Waals surface area (Å²) in [5.74, 6) is -2.71. The number of aliphatic hydroxyl groups is 1. The number of esters is 2. The standard InChI is InChI=1S/C50H74NO11P/c1-3-5-7-9-11-13-15-17-18-19-20-21-22-24-26-28-30-32-36-41-49(54)62-46(43-60-63(57,58)61-44-47(51)50(55)56)42-59-48(53)40-37-33-35-39-45(52)38-34-31-29-27-25-23-16-14-12-10-8-6-4-2/h5-8,11-14,17-18,20-21,23-26,29-35,38,45-47,52H,3-4,9-10,15-16,19,22,27-28,36-37,39-44,51H2,1-2H3,(H,55,56)(H,57,58)/b7-5-,8-6-,13-11-,14-12-,18-17-,21-20-,25-23-,26-24-,31-29-,32-30-,35-33-,38-34-/t45?,46-,47+/m1/s1. The fourth-order valence-electron chi connectivity index (χ4n) is 4.79. The van der Waals surface area contributed by atoms with Crippen molar-refractivity contribution in [1.29, 1.82) is 0 Å². The van der Waals surface area contributed by atoms with E-state index in [2.05, 4.69) is 110 Å². The van der Waals surface area contributed by atoms with Crippen LogP contribution in [-0.2, 0) is 37.5 Å². The van der Waals surface area contributed by atoms with E-state index < -0.39 is 63.8 Å². The van der Waals surface area contributed by atoms with E-state index in [1.54, 1.807) is 24.3 Å². The Kier molecular flexibility index (Phi) is 39.4. The maximum Gasteiger partial charge on any atom is 0.472 e. The van der Waals surface area contributed by atoms with Gasteiger partial charge in [-0.3, -0.25) is 23.4 Å². The highest BCUT2D eigenvalue weighted by Crippen LogP contribution is 2.43. The molecule has 0 aromatic heterocycles. The number of carboxylic acids is 1. The van der Waals surface area contributed by atoms with Crippen molar-refractivity contribution >= 4 is 25.7 Å². The van der Waals surface area contributed by atoms with Crippen LogP contribution in [0.1, 0.15) is 110 Å². The van der Waals surface area contributed by atoms with Crippen LogP contribution in [0.3, 0.4) is 0 Å².